The summed E-state index contributed by atoms with van der Waals surface area (Å²) in [5, 5.41) is 2.66. The third kappa shape index (κ3) is 4.18. The molecular weight excluding hydrogens is 362 g/mol. The zero-order chi connectivity index (χ0) is 19.8. The summed E-state index contributed by atoms with van der Waals surface area (Å²) < 4.78 is 26.8. The number of carbonyl (C=O) groups is 1. The van der Waals surface area contributed by atoms with Crippen LogP contribution >= 0.6 is 0 Å². The van der Waals surface area contributed by atoms with Crippen LogP contribution in [0.5, 0.6) is 0 Å². The van der Waals surface area contributed by atoms with E-state index in [0.29, 0.717) is 29.7 Å². The SMILES string of the molecule is CN=C1C=C(N(CC2CCC2)S(C)(=O)=O)C(C2CC2)=C/C1=C(/C)C(=O)NC. The minimum absolute atomic E-state index is 0.149. The molecule has 0 radical (unpaired) electrons. The molecule has 0 aromatic rings. The Morgan fingerprint density at radius 1 is 1.26 bits per heavy atom. The smallest absolute Gasteiger partial charge is 0.247 e. The van der Waals surface area contributed by atoms with Crippen LogP contribution in [-0.4, -0.2) is 51.2 Å². The third-order valence-corrected chi connectivity index (χ3v) is 6.84. The van der Waals surface area contributed by atoms with Gasteiger partial charge in [0.1, 0.15) is 0 Å². The molecule has 0 unspecified atom stereocenters. The van der Waals surface area contributed by atoms with Gasteiger partial charge in [-0.05, 0) is 62.2 Å². The zero-order valence-corrected chi connectivity index (χ0v) is 17.4. The molecular formula is C20H29N3O3S. The number of aliphatic imine (C=N–C) groups is 1. The highest BCUT2D eigenvalue weighted by Crippen LogP contribution is 2.44. The predicted molar refractivity (Wildman–Crippen MR) is 108 cm³/mol. The van der Waals surface area contributed by atoms with Gasteiger partial charge in [0.15, 0.2) is 0 Å². The highest BCUT2D eigenvalue weighted by molar-refractivity contribution is 7.88. The number of nitrogens with one attached hydrogen (secondary N) is 1. The van der Waals surface area contributed by atoms with Crippen LogP contribution in [0.2, 0.25) is 0 Å². The fourth-order valence-electron chi connectivity index (χ4n) is 3.65. The van der Waals surface area contributed by atoms with E-state index in [-0.39, 0.29) is 5.91 Å². The largest absolute Gasteiger partial charge is 0.355 e. The Balaban J connectivity index is 2.07. The second-order valence-electron chi connectivity index (χ2n) is 7.72. The van der Waals surface area contributed by atoms with Gasteiger partial charge in [-0.15, -0.1) is 0 Å². The van der Waals surface area contributed by atoms with E-state index in [0.717, 1.165) is 42.5 Å². The highest BCUT2D eigenvalue weighted by atomic mass is 32.2. The van der Waals surface area contributed by atoms with Gasteiger partial charge in [0.05, 0.1) is 17.7 Å². The topological polar surface area (TPSA) is 78.8 Å². The van der Waals surface area contributed by atoms with Crippen molar-refractivity contribution in [2.45, 2.75) is 39.0 Å². The first-order valence-corrected chi connectivity index (χ1v) is 11.4. The van der Waals surface area contributed by atoms with Crippen molar-refractivity contribution in [1.82, 2.24) is 9.62 Å². The summed E-state index contributed by atoms with van der Waals surface area (Å²) >= 11 is 0. The Kier molecular flexibility index (Phi) is 5.60. The van der Waals surface area contributed by atoms with Crippen molar-refractivity contribution < 1.29 is 13.2 Å². The number of amides is 1. The van der Waals surface area contributed by atoms with Gasteiger partial charge >= 0.3 is 0 Å². The summed E-state index contributed by atoms with van der Waals surface area (Å²) in [5.74, 6) is 0.629. The lowest BCUT2D eigenvalue weighted by Crippen LogP contribution is -2.38. The maximum atomic E-state index is 12.6. The van der Waals surface area contributed by atoms with Gasteiger partial charge in [-0.25, -0.2) is 8.42 Å². The number of nitrogens with zero attached hydrogens (tertiary/aromatic N) is 2. The molecule has 6 nitrogen and oxygen atoms in total. The van der Waals surface area contributed by atoms with Crippen molar-refractivity contribution in [3.63, 3.8) is 0 Å². The summed E-state index contributed by atoms with van der Waals surface area (Å²) in [5.41, 5.74) is 3.78. The second-order valence-corrected chi connectivity index (χ2v) is 9.63. The molecule has 0 aromatic heterocycles. The van der Waals surface area contributed by atoms with E-state index in [1.807, 2.05) is 12.2 Å². The van der Waals surface area contributed by atoms with E-state index >= 15 is 0 Å². The normalized spacial score (nSPS) is 24.1. The molecule has 0 heterocycles. The van der Waals surface area contributed by atoms with Gasteiger partial charge in [0.2, 0.25) is 15.9 Å². The number of carbonyl (C=O) groups excluding carboxylic acids is 1. The Labute approximate surface area is 162 Å². The maximum Gasteiger partial charge on any atom is 0.247 e. The molecule has 1 N–H and O–H groups in total. The molecule has 27 heavy (non-hydrogen) atoms. The molecule has 7 heteroatoms. The minimum atomic E-state index is -3.39. The highest BCUT2D eigenvalue weighted by Gasteiger charge is 2.37. The second kappa shape index (κ2) is 7.62. The summed E-state index contributed by atoms with van der Waals surface area (Å²) in [6, 6.07) is 0. The van der Waals surface area contributed by atoms with Crippen LogP contribution in [0.1, 0.15) is 39.0 Å². The minimum Gasteiger partial charge on any atom is -0.355 e. The van der Waals surface area contributed by atoms with Crippen LogP contribution in [0.4, 0.5) is 0 Å². The van der Waals surface area contributed by atoms with E-state index in [1.165, 1.54) is 12.7 Å². The molecule has 0 atom stereocenters. The first-order valence-electron chi connectivity index (χ1n) is 9.57. The van der Waals surface area contributed by atoms with Crippen LogP contribution in [-0.2, 0) is 14.8 Å². The van der Waals surface area contributed by atoms with E-state index < -0.39 is 10.0 Å². The average molecular weight is 392 g/mol. The molecule has 0 aliphatic heterocycles. The van der Waals surface area contributed by atoms with Crippen LogP contribution in [0.25, 0.3) is 0 Å². The molecule has 3 rings (SSSR count). The maximum absolute atomic E-state index is 12.6. The number of allylic oxidation sites excluding steroid dienone is 4. The van der Waals surface area contributed by atoms with Gasteiger partial charge in [-0.2, -0.15) is 0 Å². The van der Waals surface area contributed by atoms with Crippen LogP contribution in [0.3, 0.4) is 0 Å². The van der Waals surface area contributed by atoms with Gasteiger partial charge in [0.25, 0.3) is 0 Å². The van der Waals surface area contributed by atoms with E-state index in [2.05, 4.69) is 10.3 Å². The van der Waals surface area contributed by atoms with Crippen LogP contribution in [0, 0.1) is 11.8 Å². The zero-order valence-electron chi connectivity index (χ0n) is 16.6. The van der Waals surface area contributed by atoms with Crippen molar-refractivity contribution in [2.24, 2.45) is 16.8 Å². The van der Waals surface area contributed by atoms with Crippen molar-refractivity contribution in [2.75, 3.05) is 26.9 Å². The fourth-order valence-corrected chi connectivity index (χ4v) is 4.65. The standard InChI is InChI=1S/C20H29N3O3S/c1-13(20(24)22-3)16-10-17(15-8-9-15)19(11-18(16)21-2)23(27(4,25)26)12-14-6-5-7-14/h10-11,14-15H,5-9,12H2,1-4H3,(H,22,24)/b16-13+,21-18?. The van der Waals surface area contributed by atoms with Crippen molar-refractivity contribution in [3.05, 3.63) is 34.6 Å². The molecule has 1 amide bonds. The van der Waals surface area contributed by atoms with E-state index in [4.69, 9.17) is 0 Å². The Hall–Kier alpha value is -1.89. The van der Waals surface area contributed by atoms with Crippen molar-refractivity contribution in [3.8, 4) is 0 Å². The lowest BCUT2D eigenvalue weighted by Gasteiger charge is -2.35. The molecule has 3 aliphatic carbocycles. The number of hydrogen-bond acceptors (Lipinski definition) is 4. The molecule has 148 valence electrons. The van der Waals surface area contributed by atoms with E-state index in [9.17, 15) is 13.2 Å². The molecule has 3 aliphatic rings. The first kappa shape index (κ1) is 19.9. The van der Waals surface area contributed by atoms with Crippen molar-refractivity contribution in [1.29, 1.82) is 0 Å². The summed E-state index contributed by atoms with van der Waals surface area (Å²) in [7, 11) is -0.111. The first-order chi connectivity index (χ1) is 12.8. The molecule has 2 saturated carbocycles. The lowest BCUT2D eigenvalue weighted by molar-refractivity contribution is -0.117. The number of hydrogen-bond donors (Lipinski definition) is 1. The van der Waals surface area contributed by atoms with Crippen molar-refractivity contribution >= 4 is 21.6 Å². The predicted octanol–water partition coefficient (Wildman–Crippen LogP) is 2.42. The van der Waals surface area contributed by atoms with Gasteiger partial charge in [-0.1, -0.05) is 6.42 Å². The molecule has 2 fully saturated rings. The molecule has 0 aromatic carbocycles. The summed E-state index contributed by atoms with van der Waals surface area (Å²) in [4.78, 5) is 16.5. The third-order valence-electron chi connectivity index (χ3n) is 5.69. The van der Waals surface area contributed by atoms with Crippen LogP contribution < -0.4 is 5.32 Å². The number of sulfonamides is 1. The monoisotopic (exact) mass is 391 g/mol. The average Bonchev–Trinajstić information content (AvgIpc) is 3.42. The lowest BCUT2D eigenvalue weighted by atomic mass is 9.85. The number of likely N-dealkylation sites (N-methyl/N-ethyl adjacent to an activating group) is 1. The summed E-state index contributed by atoms with van der Waals surface area (Å²) in [6.45, 7) is 2.31. The Morgan fingerprint density at radius 2 is 1.93 bits per heavy atom. The molecule has 0 spiro atoms. The van der Waals surface area contributed by atoms with Gasteiger partial charge in [0, 0.05) is 31.8 Å². The Bertz CT molecular complexity index is 857. The van der Waals surface area contributed by atoms with Gasteiger partial charge < -0.3 is 5.32 Å². The molecule has 0 bridgehead atoms. The Morgan fingerprint density at radius 3 is 2.37 bits per heavy atom. The van der Waals surface area contributed by atoms with E-state index in [1.54, 1.807) is 25.3 Å². The van der Waals surface area contributed by atoms with Gasteiger partial charge in [-0.3, -0.25) is 14.1 Å². The number of rotatable bonds is 6. The molecule has 0 saturated heterocycles. The van der Waals surface area contributed by atoms with Crippen LogP contribution in [0.15, 0.2) is 39.6 Å². The fraction of sp³-hybridized carbons (Fsp3) is 0.600. The summed E-state index contributed by atoms with van der Waals surface area (Å²) in [6.07, 6.45) is 10.6. The quantitative estimate of drug-likeness (QED) is 0.706.